The van der Waals surface area contributed by atoms with Crippen LogP contribution in [0.4, 0.5) is 0 Å². The fourth-order valence-corrected chi connectivity index (χ4v) is 3.21. The van der Waals surface area contributed by atoms with Crippen LogP contribution in [0, 0.1) is 0 Å². The Labute approximate surface area is 153 Å². The Bertz CT molecular complexity index is 730. The van der Waals surface area contributed by atoms with E-state index in [-0.39, 0.29) is 23.6 Å². The predicted molar refractivity (Wildman–Crippen MR) is 96.2 cm³/mol. The summed E-state index contributed by atoms with van der Waals surface area (Å²) in [5.74, 6) is -1.18. The third kappa shape index (κ3) is 6.58. The van der Waals surface area contributed by atoms with Gasteiger partial charge in [-0.15, -0.1) is 6.58 Å². The van der Waals surface area contributed by atoms with Crippen molar-refractivity contribution >= 4 is 21.9 Å². The van der Waals surface area contributed by atoms with Crippen LogP contribution in [-0.4, -0.2) is 52.7 Å². The number of esters is 1. The van der Waals surface area contributed by atoms with E-state index in [2.05, 4.69) is 16.6 Å². The number of methoxy groups -OCH3 is 1. The minimum atomic E-state index is -3.73. The van der Waals surface area contributed by atoms with E-state index in [9.17, 15) is 18.0 Å². The number of carbonyl (C=O) groups excluding carboxylic acids is 2. The predicted octanol–water partition coefficient (Wildman–Crippen LogP) is 0.847. The molecule has 0 aliphatic rings. The van der Waals surface area contributed by atoms with Gasteiger partial charge in [-0.1, -0.05) is 6.08 Å². The van der Waals surface area contributed by atoms with Gasteiger partial charge in [0.15, 0.2) is 6.10 Å². The van der Waals surface area contributed by atoms with Crippen LogP contribution in [0.5, 0.6) is 0 Å². The van der Waals surface area contributed by atoms with E-state index < -0.39 is 34.0 Å². The van der Waals surface area contributed by atoms with Crippen molar-refractivity contribution in [1.29, 1.82) is 0 Å². The zero-order valence-electron chi connectivity index (χ0n) is 15.0. The summed E-state index contributed by atoms with van der Waals surface area (Å²) in [5.41, 5.74) is 0.136. The Kier molecular flexibility index (Phi) is 8.43. The van der Waals surface area contributed by atoms with E-state index in [0.717, 1.165) is 0 Å². The van der Waals surface area contributed by atoms with Gasteiger partial charge in [-0.05, 0) is 38.1 Å². The van der Waals surface area contributed by atoms with Gasteiger partial charge in [0.1, 0.15) is 0 Å². The molecule has 0 fully saturated rings. The van der Waals surface area contributed by atoms with Crippen LogP contribution in [0.2, 0.25) is 0 Å². The average molecular weight is 384 g/mol. The molecule has 2 N–H and O–H groups in total. The number of ether oxygens (including phenoxy) is 2. The van der Waals surface area contributed by atoms with Crippen LogP contribution < -0.4 is 10.0 Å². The van der Waals surface area contributed by atoms with Crippen molar-refractivity contribution < 1.29 is 27.5 Å². The normalized spacial score (nSPS) is 13.5. The van der Waals surface area contributed by atoms with Crippen molar-refractivity contribution in [2.45, 2.75) is 30.9 Å². The maximum absolute atomic E-state index is 12.2. The zero-order chi connectivity index (χ0) is 19.7. The van der Waals surface area contributed by atoms with Gasteiger partial charge >= 0.3 is 5.97 Å². The van der Waals surface area contributed by atoms with E-state index in [1.54, 1.807) is 6.92 Å². The molecule has 0 unspecified atom stereocenters. The van der Waals surface area contributed by atoms with E-state index in [0.29, 0.717) is 0 Å². The van der Waals surface area contributed by atoms with Gasteiger partial charge < -0.3 is 14.8 Å². The summed E-state index contributed by atoms with van der Waals surface area (Å²) in [6.07, 6.45) is 0.523. The molecule has 1 aromatic rings. The molecule has 144 valence electrons. The molecule has 1 amide bonds. The van der Waals surface area contributed by atoms with Crippen molar-refractivity contribution in [1.82, 2.24) is 10.0 Å². The van der Waals surface area contributed by atoms with Crippen LogP contribution in [0.3, 0.4) is 0 Å². The van der Waals surface area contributed by atoms with Crippen LogP contribution in [0.1, 0.15) is 24.2 Å². The second-order valence-corrected chi connectivity index (χ2v) is 7.30. The number of rotatable bonds is 10. The number of sulfonamides is 1. The number of carbonyl (C=O) groups is 2. The molecule has 0 aromatic heterocycles. The van der Waals surface area contributed by atoms with Gasteiger partial charge in [0.25, 0.3) is 5.91 Å². The molecule has 26 heavy (non-hydrogen) atoms. The zero-order valence-corrected chi connectivity index (χ0v) is 15.8. The first kappa shape index (κ1) is 21.8. The Hall–Kier alpha value is -2.23. The summed E-state index contributed by atoms with van der Waals surface area (Å²) >= 11 is 0. The molecule has 1 rings (SSSR count). The minimum Gasteiger partial charge on any atom is -0.449 e. The molecule has 0 bridgehead atoms. The standard InChI is InChI=1S/C17H24N2O6S/c1-5-10-18-16(20)13(3)25-17(21)14-6-8-15(9-7-14)26(22,23)19-12(2)11-24-4/h5-9,12-13,19H,1,10-11H2,2-4H3,(H,18,20)/t12-,13-/m0/s1. The van der Waals surface area contributed by atoms with Crippen molar-refractivity contribution in [3.63, 3.8) is 0 Å². The maximum atomic E-state index is 12.2. The van der Waals surface area contributed by atoms with Crippen molar-refractivity contribution in [3.05, 3.63) is 42.5 Å². The van der Waals surface area contributed by atoms with E-state index >= 15 is 0 Å². The fourth-order valence-electron chi connectivity index (χ4n) is 1.99. The highest BCUT2D eigenvalue weighted by Crippen LogP contribution is 2.13. The SMILES string of the molecule is C=CCNC(=O)[C@H](C)OC(=O)c1ccc(S(=O)(=O)N[C@@H](C)COC)cc1. The smallest absolute Gasteiger partial charge is 0.338 e. The second-order valence-electron chi connectivity index (χ2n) is 5.58. The molecule has 0 saturated carbocycles. The first-order valence-electron chi connectivity index (χ1n) is 7.92. The molecule has 0 aliphatic carbocycles. The van der Waals surface area contributed by atoms with Crippen molar-refractivity contribution in [3.8, 4) is 0 Å². The minimum absolute atomic E-state index is 0.00813. The monoisotopic (exact) mass is 384 g/mol. The van der Waals surface area contributed by atoms with Gasteiger partial charge in [-0.25, -0.2) is 17.9 Å². The van der Waals surface area contributed by atoms with Gasteiger partial charge in [-0.2, -0.15) is 0 Å². The summed E-state index contributed by atoms with van der Waals surface area (Å²) < 4.78 is 36.8. The average Bonchev–Trinajstić information content (AvgIpc) is 2.59. The van der Waals surface area contributed by atoms with Gasteiger partial charge in [0.2, 0.25) is 10.0 Å². The second kappa shape index (κ2) is 10.0. The molecular weight excluding hydrogens is 360 g/mol. The summed E-state index contributed by atoms with van der Waals surface area (Å²) in [7, 11) is -2.25. The number of amides is 1. The Morgan fingerprint density at radius 1 is 1.23 bits per heavy atom. The third-order valence-electron chi connectivity index (χ3n) is 3.25. The Balaban J connectivity index is 2.75. The lowest BCUT2D eigenvalue weighted by atomic mass is 10.2. The highest BCUT2D eigenvalue weighted by molar-refractivity contribution is 7.89. The number of benzene rings is 1. The van der Waals surface area contributed by atoms with Gasteiger partial charge in [-0.3, -0.25) is 4.79 Å². The summed E-state index contributed by atoms with van der Waals surface area (Å²) in [4.78, 5) is 23.7. The largest absolute Gasteiger partial charge is 0.449 e. The molecule has 0 aliphatic heterocycles. The first-order valence-corrected chi connectivity index (χ1v) is 9.40. The number of nitrogens with one attached hydrogen (secondary N) is 2. The van der Waals surface area contributed by atoms with Gasteiger partial charge in [0, 0.05) is 19.7 Å². The highest BCUT2D eigenvalue weighted by Gasteiger charge is 2.20. The number of hydrogen-bond donors (Lipinski definition) is 2. The first-order chi connectivity index (χ1) is 12.2. The lowest BCUT2D eigenvalue weighted by Crippen LogP contribution is -2.36. The molecule has 1 aromatic carbocycles. The van der Waals surface area contributed by atoms with Gasteiger partial charge in [0.05, 0.1) is 17.1 Å². The molecule has 0 radical (unpaired) electrons. The highest BCUT2D eigenvalue weighted by atomic mass is 32.2. The molecular formula is C17H24N2O6S. The summed E-state index contributed by atoms with van der Waals surface area (Å²) in [6, 6.07) is 4.84. The lowest BCUT2D eigenvalue weighted by molar-refractivity contribution is -0.128. The van der Waals surface area contributed by atoms with Crippen LogP contribution in [-0.2, 0) is 24.3 Å². The quantitative estimate of drug-likeness (QED) is 0.457. The molecule has 0 saturated heterocycles. The van der Waals surface area contributed by atoms with E-state index in [1.807, 2.05) is 0 Å². The van der Waals surface area contributed by atoms with E-state index in [4.69, 9.17) is 9.47 Å². The third-order valence-corrected chi connectivity index (χ3v) is 4.85. The lowest BCUT2D eigenvalue weighted by Gasteiger charge is -2.14. The molecule has 8 nitrogen and oxygen atoms in total. The van der Waals surface area contributed by atoms with Crippen molar-refractivity contribution in [2.24, 2.45) is 0 Å². The summed E-state index contributed by atoms with van der Waals surface area (Å²) in [6.45, 7) is 7.08. The summed E-state index contributed by atoms with van der Waals surface area (Å²) in [5, 5.41) is 2.51. The maximum Gasteiger partial charge on any atom is 0.338 e. The topological polar surface area (TPSA) is 111 Å². The van der Waals surface area contributed by atoms with E-state index in [1.165, 1.54) is 44.4 Å². The molecule has 9 heteroatoms. The van der Waals surface area contributed by atoms with Crippen molar-refractivity contribution in [2.75, 3.05) is 20.3 Å². The fraction of sp³-hybridized carbons (Fsp3) is 0.412. The Morgan fingerprint density at radius 2 is 1.85 bits per heavy atom. The van der Waals surface area contributed by atoms with Crippen LogP contribution >= 0.6 is 0 Å². The van der Waals surface area contributed by atoms with Crippen LogP contribution in [0.25, 0.3) is 0 Å². The number of hydrogen-bond acceptors (Lipinski definition) is 6. The molecule has 0 spiro atoms. The molecule has 2 atom stereocenters. The Morgan fingerprint density at radius 3 is 2.38 bits per heavy atom. The molecule has 0 heterocycles. The van der Waals surface area contributed by atoms with Crippen LogP contribution in [0.15, 0.2) is 41.8 Å².